The van der Waals surface area contributed by atoms with Crippen molar-refractivity contribution in [1.29, 1.82) is 0 Å². The Balaban J connectivity index is 3.24. The minimum Gasteiger partial charge on any atom is -0.482 e. The van der Waals surface area contributed by atoms with E-state index < -0.39 is 16.0 Å². The number of esters is 1. The van der Waals surface area contributed by atoms with Gasteiger partial charge in [0.2, 0.25) is 0 Å². The normalized spacial score (nSPS) is 10.6. The van der Waals surface area contributed by atoms with E-state index in [1.54, 1.807) is 0 Å². The summed E-state index contributed by atoms with van der Waals surface area (Å²) in [6.07, 6.45) is 0. The van der Waals surface area contributed by atoms with Gasteiger partial charge < -0.3 is 9.47 Å². The van der Waals surface area contributed by atoms with Gasteiger partial charge >= 0.3 is 5.97 Å². The van der Waals surface area contributed by atoms with Crippen LogP contribution < -0.4 is 4.72 Å². The van der Waals surface area contributed by atoms with Gasteiger partial charge in [-0.05, 0) is 18.7 Å². The maximum absolute atomic E-state index is 12.0. The molecule has 0 aliphatic heterocycles. The molecule has 18 heavy (non-hydrogen) atoms. The molecule has 0 saturated heterocycles. The monoisotopic (exact) mass is 271 g/mol. The van der Waals surface area contributed by atoms with Gasteiger partial charge in [-0.3, -0.25) is 0 Å². The minimum atomic E-state index is -3.93. The molecular formula is C11H13NO5S. The van der Waals surface area contributed by atoms with Gasteiger partial charge in [0.25, 0.3) is 10.0 Å². The molecule has 1 aromatic rings. The molecule has 1 rings (SSSR count). The number of ether oxygens (including phenoxy) is 2. The van der Waals surface area contributed by atoms with E-state index in [-0.39, 0.29) is 16.3 Å². The van der Waals surface area contributed by atoms with Crippen molar-refractivity contribution in [1.82, 2.24) is 4.72 Å². The summed E-state index contributed by atoms with van der Waals surface area (Å²) in [5.74, 6) is -0.881. The van der Waals surface area contributed by atoms with Crippen molar-refractivity contribution in [2.45, 2.75) is 4.90 Å². The van der Waals surface area contributed by atoms with Crippen molar-refractivity contribution in [2.75, 3.05) is 14.2 Å². The molecule has 0 saturated carbocycles. The summed E-state index contributed by atoms with van der Waals surface area (Å²) in [7, 11) is -1.48. The largest absolute Gasteiger partial charge is 0.482 e. The highest BCUT2D eigenvalue weighted by molar-refractivity contribution is 7.89. The molecule has 0 aliphatic carbocycles. The molecule has 0 unspecified atom stereocenters. The van der Waals surface area contributed by atoms with Crippen molar-refractivity contribution in [3.63, 3.8) is 0 Å². The second-order valence-electron chi connectivity index (χ2n) is 3.22. The molecule has 7 heteroatoms. The third-order valence-corrected chi connectivity index (χ3v) is 3.51. The molecule has 98 valence electrons. The molecule has 0 radical (unpaired) electrons. The highest BCUT2D eigenvalue weighted by atomic mass is 32.2. The first kappa shape index (κ1) is 14.0. The lowest BCUT2D eigenvalue weighted by Crippen LogP contribution is -2.25. The lowest BCUT2D eigenvalue weighted by atomic mass is 10.2. The number of nitrogens with one attached hydrogen (secondary N) is 1. The topological polar surface area (TPSA) is 81.7 Å². The molecule has 6 nitrogen and oxygen atoms in total. The van der Waals surface area contributed by atoms with Gasteiger partial charge in [0.05, 0.1) is 19.8 Å². The van der Waals surface area contributed by atoms with E-state index >= 15 is 0 Å². The van der Waals surface area contributed by atoms with E-state index in [2.05, 4.69) is 20.8 Å². The van der Waals surface area contributed by atoms with Crippen LogP contribution in [0.4, 0.5) is 0 Å². The SMILES string of the molecule is C=C(NS(=O)(=O)c1ccccc1C(=O)OC)OC. The predicted octanol–water partition coefficient (Wildman–Crippen LogP) is 0.869. The molecule has 0 atom stereocenters. The summed E-state index contributed by atoms with van der Waals surface area (Å²) in [6, 6.07) is 5.68. The Morgan fingerprint density at radius 3 is 2.39 bits per heavy atom. The molecule has 0 heterocycles. The Morgan fingerprint density at radius 2 is 1.83 bits per heavy atom. The first-order chi connectivity index (χ1) is 8.42. The number of carbonyl (C=O) groups excluding carboxylic acids is 1. The number of carbonyl (C=O) groups is 1. The maximum atomic E-state index is 12.0. The first-order valence-corrected chi connectivity index (χ1v) is 6.33. The van der Waals surface area contributed by atoms with Gasteiger partial charge in [-0.2, -0.15) is 0 Å². The summed E-state index contributed by atoms with van der Waals surface area (Å²) in [5.41, 5.74) is -0.0589. The summed E-state index contributed by atoms with van der Waals surface area (Å²) in [5, 5.41) is 0. The number of methoxy groups -OCH3 is 2. The maximum Gasteiger partial charge on any atom is 0.339 e. The van der Waals surface area contributed by atoms with Crippen LogP contribution in [0.5, 0.6) is 0 Å². The third-order valence-electron chi connectivity index (χ3n) is 2.08. The van der Waals surface area contributed by atoms with Gasteiger partial charge in [-0.15, -0.1) is 0 Å². The Kier molecular flexibility index (Phi) is 4.33. The van der Waals surface area contributed by atoms with E-state index in [4.69, 9.17) is 0 Å². The van der Waals surface area contributed by atoms with Crippen LogP contribution in [0.1, 0.15) is 10.4 Å². The van der Waals surface area contributed by atoms with Crippen molar-refractivity contribution < 1.29 is 22.7 Å². The van der Waals surface area contributed by atoms with Crippen LogP contribution in [0.25, 0.3) is 0 Å². The van der Waals surface area contributed by atoms with Gasteiger partial charge in [-0.1, -0.05) is 12.1 Å². The fourth-order valence-electron chi connectivity index (χ4n) is 1.23. The Bertz CT molecular complexity index is 565. The summed E-state index contributed by atoms with van der Waals surface area (Å²) in [4.78, 5) is 11.3. The van der Waals surface area contributed by atoms with E-state index in [1.807, 2.05) is 0 Å². The Hall–Kier alpha value is -2.02. The molecule has 0 amide bonds. The van der Waals surface area contributed by atoms with Crippen LogP contribution in [0.3, 0.4) is 0 Å². The standard InChI is InChI=1S/C11H13NO5S/c1-8(16-2)12-18(14,15)10-7-5-4-6-9(10)11(13)17-3/h4-7,12H,1H2,2-3H3. The van der Waals surface area contributed by atoms with Crippen LogP contribution in [-0.4, -0.2) is 28.6 Å². The van der Waals surface area contributed by atoms with Gasteiger partial charge in [0, 0.05) is 0 Å². The smallest absolute Gasteiger partial charge is 0.339 e. The molecule has 0 bridgehead atoms. The number of benzene rings is 1. The van der Waals surface area contributed by atoms with E-state index in [9.17, 15) is 13.2 Å². The molecule has 1 aromatic carbocycles. The lowest BCUT2D eigenvalue weighted by Gasteiger charge is -2.11. The molecule has 0 aliphatic rings. The average molecular weight is 271 g/mol. The predicted molar refractivity (Wildman–Crippen MR) is 64.3 cm³/mol. The summed E-state index contributed by atoms with van der Waals surface area (Å²) >= 11 is 0. The fourth-order valence-corrected chi connectivity index (χ4v) is 2.42. The van der Waals surface area contributed by atoms with Crippen molar-refractivity contribution in [3.8, 4) is 0 Å². The zero-order valence-electron chi connectivity index (χ0n) is 9.97. The summed E-state index contributed by atoms with van der Waals surface area (Å²) < 4.78 is 35.2. The second kappa shape index (κ2) is 5.54. The van der Waals surface area contributed by atoms with Crippen molar-refractivity contribution >= 4 is 16.0 Å². The number of hydrogen-bond donors (Lipinski definition) is 1. The zero-order valence-corrected chi connectivity index (χ0v) is 10.8. The van der Waals surface area contributed by atoms with E-state index in [0.29, 0.717) is 0 Å². The second-order valence-corrected chi connectivity index (χ2v) is 4.87. The zero-order chi connectivity index (χ0) is 13.8. The van der Waals surface area contributed by atoms with Crippen LogP contribution in [0, 0.1) is 0 Å². The number of hydrogen-bond acceptors (Lipinski definition) is 5. The molecule has 1 N–H and O–H groups in total. The highest BCUT2D eigenvalue weighted by Gasteiger charge is 2.23. The van der Waals surface area contributed by atoms with E-state index in [1.165, 1.54) is 38.5 Å². The van der Waals surface area contributed by atoms with Crippen molar-refractivity contribution in [3.05, 3.63) is 42.3 Å². The van der Waals surface area contributed by atoms with Gasteiger partial charge in [0.1, 0.15) is 4.90 Å². The summed E-state index contributed by atoms with van der Waals surface area (Å²) in [6.45, 7) is 3.35. The third kappa shape index (κ3) is 3.01. The van der Waals surface area contributed by atoms with Gasteiger partial charge in [-0.25, -0.2) is 17.9 Å². The van der Waals surface area contributed by atoms with Crippen LogP contribution in [0.2, 0.25) is 0 Å². The Labute approximate surface area is 105 Å². The number of rotatable bonds is 5. The Morgan fingerprint density at radius 1 is 1.22 bits per heavy atom. The molecule has 0 spiro atoms. The average Bonchev–Trinajstić information content (AvgIpc) is 2.37. The molecule has 0 aromatic heterocycles. The molecule has 0 fully saturated rings. The van der Waals surface area contributed by atoms with Crippen LogP contribution >= 0.6 is 0 Å². The lowest BCUT2D eigenvalue weighted by molar-refractivity contribution is 0.0596. The van der Waals surface area contributed by atoms with E-state index in [0.717, 1.165) is 0 Å². The highest BCUT2D eigenvalue weighted by Crippen LogP contribution is 2.16. The quantitative estimate of drug-likeness (QED) is 0.634. The minimum absolute atomic E-state index is 0.0589. The number of sulfonamides is 1. The fraction of sp³-hybridized carbons (Fsp3) is 0.182. The van der Waals surface area contributed by atoms with Gasteiger partial charge in [0.15, 0.2) is 5.88 Å². The van der Waals surface area contributed by atoms with Crippen LogP contribution in [-0.2, 0) is 19.5 Å². The molecular weight excluding hydrogens is 258 g/mol. The van der Waals surface area contributed by atoms with Crippen molar-refractivity contribution in [2.24, 2.45) is 0 Å². The van der Waals surface area contributed by atoms with Crippen LogP contribution in [0.15, 0.2) is 41.6 Å². The first-order valence-electron chi connectivity index (χ1n) is 4.85.